The summed E-state index contributed by atoms with van der Waals surface area (Å²) in [5.41, 5.74) is 0.369. The average molecular weight is 265 g/mol. The summed E-state index contributed by atoms with van der Waals surface area (Å²) in [6.45, 7) is 5.93. The molecule has 2 atom stereocenters. The van der Waals surface area contributed by atoms with Gasteiger partial charge in [0.1, 0.15) is 0 Å². The fraction of sp³-hybridized carbons (Fsp3) is 1.00. The van der Waals surface area contributed by atoms with Crippen LogP contribution in [0.4, 0.5) is 0 Å². The third-order valence-electron chi connectivity index (χ3n) is 3.61. The second kappa shape index (κ2) is 5.47. The Morgan fingerprint density at radius 2 is 1.93 bits per heavy atom. The number of methoxy groups -OCH3 is 1. The molecule has 0 aromatic rings. The molecular formula is C11H21BrO2. The van der Waals surface area contributed by atoms with Gasteiger partial charge in [-0.05, 0) is 19.3 Å². The van der Waals surface area contributed by atoms with E-state index in [1.165, 1.54) is 12.8 Å². The quantitative estimate of drug-likeness (QED) is 0.543. The van der Waals surface area contributed by atoms with Gasteiger partial charge in [0.25, 0.3) is 0 Å². The summed E-state index contributed by atoms with van der Waals surface area (Å²) in [5, 5.41) is 0. The Morgan fingerprint density at radius 3 is 2.36 bits per heavy atom. The van der Waals surface area contributed by atoms with Gasteiger partial charge in [-0.15, -0.1) is 0 Å². The van der Waals surface area contributed by atoms with Gasteiger partial charge in [-0.3, -0.25) is 0 Å². The van der Waals surface area contributed by atoms with E-state index in [0.29, 0.717) is 23.0 Å². The molecule has 0 heterocycles. The van der Waals surface area contributed by atoms with Crippen molar-refractivity contribution in [1.82, 2.24) is 0 Å². The van der Waals surface area contributed by atoms with Gasteiger partial charge < -0.3 is 9.47 Å². The number of ether oxygens (including phenoxy) is 2. The molecular weight excluding hydrogens is 244 g/mol. The summed E-state index contributed by atoms with van der Waals surface area (Å²) in [6, 6.07) is 0. The maximum atomic E-state index is 5.83. The standard InChI is InChI=1S/C11H21BrO2/c1-4-11(5-2)9(12)8-10(11)14-7-6-13-3/h9-10H,4-8H2,1-3H3. The molecule has 0 saturated heterocycles. The first-order chi connectivity index (χ1) is 6.71. The van der Waals surface area contributed by atoms with Gasteiger partial charge in [0, 0.05) is 17.4 Å². The molecule has 1 aliphatic carbocycles. The molecule has 0 radical (unpaired) electrons. The fourth-order valence-corrected chi connectivity index (χ4v) is 3.64. The molecule has 1 fully saturated rings. The van der Waals surface area contributed by atoms with Crippen molar-refractivity contribution in [2.45, 2.75) is 44.0 Å². The normalized spacial score (nSPS) is 30.0. The molecule has 0 aliphatic heterocycles. The smallest absolute Gasteiger partial charge is 0.0704 e. The number of rotatable bonds is 6. The van der Waals surface area contributed by atoms with Crippen molar-refractivity contribution in [3.63, 3.8) is 0 Å². The molecule has 2 nitrogen and oxygen atoms in total. The van der Waals surface area contributed by atoms with Crippen molar-refractivity contribution in [3.05, 3.63) is 0 Å². The van der Waals surface area contributed by atoms with Crippen molar-refractivity contribution in [1.29, 1.82) is 0 Å². The Hall–Kier alpha value is 0.400. The molecule has 0 aromatic carbocycles. The maximum absolute atomic E-state index is 5.83. The topological polar surface area (TPSA) is 18.5 Å². The first kappa shape index (κ1) is 12.5. The van der Waals surface area contributed by atoms with E-state index in [2.05, 4.69) is 29.8 Å². The Labute approximate surface area is 95.5 Å². The first-order valence-electron chi connectivity index (χ1n) is 5.45. The van der Waals surface area contributed by atoms with Crippen molar-refractivity contribution in [3.8, 4) is 0 Å². The largest absolute Gasteiger partial charge is 0.382 e. The van der Waals surface area contributed by atoms with Crippen molar-refractivity contribution < 1.29 is 9.47 Å². The fourth-order valence-electron chi connectivity index (χ4n) is 2.35. The summed E-state index contributed by atoms with van der Waals surface area (Å²) in [7, 11) is 1.71. The van der Waals surface area contributed by atoms with Gasteiger partial charge in [0.2, 0.25) is 0 Å². The Kier molecular flexibility index (Phi) is 4.88. The van der Waals surface area contributed by atoms with E-state index in [-0.39, 0.29) is 0 Å². The van der Waals surface area contributed by atoms with E-state index in [1.54, 1.807) is 7.11 Å². The number of hydrogen-bond acceptors (Lipinski definition) is 2. The molecule has 1 aliphatic rings. The summed E-state index contributed by atoms with van der Waals surface area (Å²) < 4.78 is 10.8. The summed E-state index contributed by atoms with van der Waals surface area (Å²) in [6.07, 6.45) is 3.96. The summed E-state index contributed by atoms with van der Waals surface area (Å²) in [5.74, 6) is 0. The van der Waals surface area contributed by atoms with Crippen LogP contribution in [0.1, 0.15) is 33.1 Å². The number of hydrogen-bond donors (Lipinski definition) is 0. The van der Waals surface area contributed by atoms with E-state index >= 15 is 0 Å². The third-order valence-corrected chi connectivity index (χ3v) is 4.89. The van der Waals surface area contributed by atoms with Crippen LogP contribution in [-0.4, -0.2) is 31.3 Å². The first-order valence-corrected chi connectivity index (χ1v) is 6.37. The van der Waals surface area contributed by atoms with Gasteiger partial charge >= 0.3 is 0 Å². The number of halogens is 1. The zero-order valence-electron chi connectivity index (χ0n) is 9.38. The van der Waals surface area contributed by atoms with Gasteiger partial charge in [-0.1, -0.05) is 29.8 Å². The molecule has 0 bridgehead atoms. The van der Waals surface area contributed by atoms with Crippen LogP contribution in [0.5, 0.6) is 0 Å². The lowest BCUT2D eigenvalue weighted by molar-refractivity contribution is -0.116. The van der Waals surface area contributed by atoms with E-state index < -0.39 is 0 Å². The van der Waals surface area contributed by atoms with Crippen LogP contribution in [0, 0.1) is 5.41 Å². The molecule has 1 saturated carbocycles. The minimum absolute atomic E-state index is 0.369. The molecule has 0 aromatic heterocycles. The molecule has 84 valence electrons. The number of alkyl halides is 1. The van der Waals surface area contributed by atoms with Gasteiger partial charge in [-0.2, -0.15) is 0 Å². The van der Waals surface area contributed by atoms with Crippen molar-refractivity contribution >= 4 is 15.9 Å². The summed E-state index contributed by atoms with van der Waals surface area (Å²) >= 11 is 3.74. The van der Waals surface area contributed by atoms with Gasteiger partial charge in [0.05, 0.1) is 19.3 Å². The van der Waals surface area contributed by atoms with Crippen LogP contribution >= 0.6 is 15.9 Å². The van der Waals surface area contributed by atoms with Crippen LogP contribution in [0.2, 0.25) is 0 Å². The summed E-state index contributed by atoms with van der Waals surface area (Å²) in [4.78, 5) is 0.637. The lowest BCUT2D eigenvalue weighted by atomic mass is 9.62. The van der Waals surface area contributed by atoms with Crippen LogP contribution in [-0.2, 0) is 9.47 Å². The lowest BCUT2D eigenvalue weighted by Crippen LogP contribution is -2.55. The van der Waals surface area contributed by atoms with Crippen LogP contribution in [0.15, 0.2) is 0 Å². The van der Waals surface area contributed by atoms with E-state index in [4.69, 9.17) is 9.47 Å². The average Bonchev–Trinajstić information content (AvgIpc) is 2.19. The zero-order valence-corrected chi connectivity index (χ0v) is 11.0. The highest BCUT2D eigenvalue weighted by Gasteiger charge is 2.51. The molecule has 0 spiro atoms. The highest BCUT2D eigenvalue weighted by molar-refractivity contribution is 9.09. The van der Waals surface area contributed by atoms with E-state index in [0.717, 1.165) is 13.0 Å². The predicted octanol–water partition coefficient (Wildman–Crippen LogP) is 2.99. The maximum Gasteiger partial charge on any atom is 0.0704 e. The van der Waals surface area contributed by atoms with Crippen molar-refractivity contribution in [2.24, 2.45) is 5.41 Å². The lowest BCUT2D eigenvalue weighted by Gasteiger charge is -2.53. The van der Waals surface area contributed by atoms with Gasteiger partial charge in [0.15, 0.2) is 0 Å². The molecule has 3 heteroatoms. The van der Waals surface area contributed by atoms with Crippen LogP contribution < -0.4 is 0 Å². The molecule has 0 N–H and O–H groups in total. The third kappa shape index (κ3) is 2.15. The highest BCUT2D eigenvalue weighted by Crippen LogP contribution is 2.52. The van der Waals surface area contributed by atoms with Crippen molar-refractivity contribution in [2.75, 3.05) is 20.3 Å². The zero-order chi connectivity index (χ0) is 10.6. The van der Waals surface area contributed by atoms with E-state index in [9.17, 15) is 0 Å². The van der Waals surface area contributed by atoms with Gasteiger partial charge in [-0.25, -0.2) is 0 Å². The second-order valence-electron chi connectivity index (χ2n) is 4.00. The molecule has 2 unspecified atom stereocenters. The molecule has 0 amide bonds. The SMILES string of the molecule is CCC1(CC)C(Br)CC1OCCOC. The molecule has 1 rings (SSSR count). The Morgan fingerprint density at radius 1 is 1.29 bits per heavy atom. The highest BCUT2D eigenvalue weighted by atomic mass is 79.9. The Balaban J connectivity index is 2.39. The van der Waals surface area contributed by atoms with Crippen LogP contribution in [0.25, 0.3) is 0 Å². The van der Waals surface area contributed by atoms with Crippen LogP contribution in [0.3, 0.4) is 0 Å². The second-order valence-corrected chi connectivity index (χ2v) is 5.10. The molecule has 14 heavy (non-hydrogen) atoms. The minimum atomic E-state index is 0.369. The van der Waals surface area contributed by atoms with E-state index in [1.807, 2.05) is 0 Å². The Bertz CT molecular complexity index is 169. The monoisotopic (exact) mass is 264 g/mol. The predicted molar refractivity (Wildman–Crippen MR) is 62.0 cm³/mol. The minimum Gasteiger partial charge on any atom is -0.382 e.